The second-order valence-electron chi connectivity index (χ2n) is 5.55. The van der Waals surface area contributed by atoms with Crippen LogP contribution in [0.3, 0.4) is 0 Å². The molecule has 108 valence electrons. The second kappa shape index (κ2) is 6.03. The molecule has 0 aromatic carbocycles. The van der Waals surface area contributed by atoms with Crippen molar-refractivity contribution in [2.75, 3.05) is 26.7 Å². The van der Waals surface area contributed by atoms with E-state index in [0.717, 1.165) is 19.7 Å². The van der Waals surface area contributed by atoms with Gasteiger partial charge in [-0.25, -0.2) is 0 Å². The Bertz CT molecular complexity index is 414. The number of hydrogen-bond donors (Lipinski definition) is 1. The highest BCUT2D eigenvalue weighted by Crippen LogP contribution is 2.32. The standard InChI is InChI=1S/C14H26N4O/c1-10(2)18-6-7-19-13(9-15-4)14(18)12-8-16-17(5)11(12)3/h8,10,13-15H,6-7,9H2,1-5H3. The Morgan fingerprint density at radius 3 is 2.79 bits per heavy atom. The molecule has 2 rings (SSSR count). The van der Waals surface area contributed by atoms with Gasteiger partial charge in [0.2, 0.25) is 0 Å². The Morgan fingerprint density at radius 2 is 2.26 bits per heavy atom. The molecule has 1 N–H and O–H groups in total. The molecule has 2 unspecified atom stereocenters. The zero-order chi connectivity index (χ0) is 14.0. The van der Waals surface area contributed by atoms with Gasteiger partial charge < -0.3 is 10.1 Å². The Kier molecular flexibility index (Phi) is 4.60. The molecule has 2 heterocycles. The van der Waals surface area contributed by atoms with Gasteiger partial charge in [-0.05, 0) is 27.8 Å². The number of ether oxygens (including phenoxy) is 1. The van der Waals surface area contributed by atoms with Crippen molar-refractivity contribution in [3.63, 3.8) is 0 Å². The van der Waals surface area contributed by atoms with Crippen molar-refractivity contribution in [1.82, 2.24) is 20.0 Å². The quantitative estimate of drug-likeness (QED) is 0.886. The molecule has 2 atom stereocenters. The molecule has 1 aliphatic heterocycles. The van der Waals surface area contributed by atoms with Crippen LogP contribution in [-0.2, 0) is 11.8 Å². The molecular weight excluding hydrogens is 240 g/mol. The molecule has 0 spiro atoms. The number of rotatable bonds is 4. The predicted octanol–water partition coefficient (Wildman–Crippen LogP) is 1.10. The minimum absolute atomic E-state index is 0.184. The van der Waals surface area contributed by atoms with Crippen LogP contribution in [0, 0.1) is 6.92 Å². The maximum atomic E-state index is 5.99. The fraction of sp³-hybridized carbons (Fsp3) is 0.786. The topological polar surface area (TPSA) is 42.3 Å². The fourth-order valence-corrected chi connectivity index (χ4v) is 2.89. The molecule has 0 bridgehead atoms. The van der Waals surface area contributed by atoms with E-state index >= 15 is 0 Å². The van der Waals surface area contributed by atoms with Crippen LogP contribution in [0.1, 0.15) is 31.1 Å². The summed E-state index contributed by atoms with van der Waals surface area (Å²) in [6.45, 7) is 9.28. The maximum absolute atomic E-state index is 5.99. The number of nitrogens with zero attached hydrogens (tertiary/aromatic N) is 3. The van der Waals surface area contributed by atoms with Gasteiger partial charge >= 0.3 is 0 Å². The molecule has 5 heteroatoms. The van der Waals surface area contributed by atoms with Crippen LogP contribution in [0.4, 0.5) is 0 Å². The van der Waals surface area contributed by atoms with E-state index in [-0.39, 0.29) is 12.1 Å². The number of nitrogens with one attached hydrogen (secondary N) is 1. The average Bonchev–Trinajstić information content (AvgIpc) is 2.70. The van der Waals surface area contributed by atoms with Crippen molar-refractivity contribution in [3.8, 4) is 0 Å². The highest BCUT2D eigenvalue weighted by molar-refractivity contribution is 5.23. The first-order chi connectivity index (χ1) is 9.06. The van der Waals surface area contributed by atoms with Crippen molar-refractivity contribution in [2.24, 2.45) is 7.05 Å². The van der Waals surface area contributed by atoms with Crippen LogP contribution in [0.5, 0.6) is 0 Å². The number of morpholine rings is 1. The molecule has 1 aromatic rings. The third-order valence-corrected chi connectivity index (χ3v) is 4.05. The van der Waals surface area contributed by atoms with Gasteiger partial charge in [0, 0.05) is 37.4 Å². The molecular formula is C14H26N4O. The lowest BCUT2D eigenvalue weighted by molar-refractivity contribution is -0.0817. The lowest BCUT2D eigenvalue weighted by Crippen LogP contribution is -2.51. The molecule has 0 radical (unpaired) electrons. The van der Waals surface area contributed by atoms with E-state index in [1.807, 2.05) is 25.0 Å². The number of hydrogen-bond acceptors (Lipinski definition) is 4. The van der Waals surface area contributed by atoms with Crippen molar-refractivity contribution in [1.29, 1.82) is 0 Å². The van der Waals surface area contributed by atoms with E-state index in [0.29, 0.717) is 6.04 Å². The van der Waals surface area contributed by atoms with Gasteiger partial charge in [0.25, 0.3) is 0 Å². The lowest BCUT2D eigenvalue weighted by Gasteiger charge is -2.43. The van der Waals surface area contributed by atoms with E-state index < -0.39 is 0 Å². The minimum Gasteiger partial charge on any atom is -0.374 e. The van der Waals surface area contributed by atoms with E-state index in [1.54, 1.807) is 0 Å². The van der Waals surface area contributed by atoms with Gasteiger partial charge in [0.1, 0.15) is 0 Å². The SMILES string of the molecule is CNCC1OCCN(C(C)C)C1c1cnn(C)c1C. The summed E-state index contributed by atoms with van der Waals surface area (Å²) >= 11 is 0. The van der Waals surface area contributed by atoms with Gasteiger partial charge in [-0.1, -0.05) is 0 Å². The monoisotopic (exact) mass is 266 g/mol. The normalized spacial score (nSPS) is 25.2. The summed E-state index contributed by atoms with van der Waals surface area (Å²) < 4.78 is 7.93. The van der Waals surface area contributed by atoms with Crippen LogP contribution in [0.2, 0.25) is 0 Å². The molecule has 0 amide bonds. The molecule has 19 heavy (non-hydrogen) atoms. The largest absolute Gasteiger partial charge is 0.374 e. The van der Waals surface area contributed by atoms with E-state index in [2.05, 4.69) is 36.1 Å². The minimum atomic E-state index is 0.184. The van der Waals surface area contributed by atoms with Crippen LogP contribution in [0.25, 0.3) is 0 Å². The highest BCUT2D eigenvalue weighted by Gasteiger charge is 2.36. The Labute approximate surface area is 115 Å². The zero-order valence-corrected chi connectivity index (χ0v) is 12.7. The van der Waals surface area contributed by atoms with Gasteiger partial charge in [-0.3, -0.25) is 9.58 Å². The van der Waals surface area contributed by atoms with Crippen molar-refractivity contribution in [2.45, 2.75) is 39.0 Å². The molecule has 5 nitrogen and oxygen atoms in total. The number of aromatic nitrogens is 2. The summed E-state index contributed by atoms with van der Waals surface area (Å²) in [5.74, 6) is 0. The van der Waals surface area contributed by atoms with Crippen LogP contribution in [0.15, 0.2) is 6.20 Å². The van der Waals surface area contributed by atoms with E-state index in [1.165, 1.54) is 11.3 Å². The van der Waals surface area contributed by atoms with Crippen molar-refractivity contribution < 1.29 is 4.74 Å². The van der Waals surface area contributed by atoms with Gasteiger partial charge in [-0.2, -0.15) is 5.10 Å². The Balaban J connectivity index is 2.34. The average molecular weight is 266 g/mol. The molecule has 0 aliphatic carbocycles. The highest BCUT2D eigenvalue weighted by atomic mass is 16.5. The first-order valence-electron chi connectivity index (χ1n) is 7.06. The summed E-state index contributed by atoms with van der Waals surface area (Å²) in [6, 6.07) is 0.794. The second-order valence-corrected chi connectivity index (χ2v) is 5.55. The first-order valence-corrected chi connectivity index (χ1v) is 7.06. The molecule has 1 saturated heterocycles. The van der Waals surface area contributed by atoms with Crippen LogP contribution < -0.4 is 5.32 Å². The van der Waals surface area contributed by atoms with Crippen molar-refractivity contribution >= 4 is 0 Å². The summed E-state index contributed by atoms with van der Waals surface area (Å²) in [4.78, 5) is 2.52. The summed E-state index contributed by atoms with van der Waals surface area (Å²) in [5.41, 5.74) is 2.51. The number of aryl methyl sites for hydroxylation is 1. The molecule has 0 saturated carbocycles. The Morgan fingerprint density at radius 1 is 1.53 bits per heavy atom. The van der Waals surface area contributed by atoms with Gasteiger partial charge in [0.05, 0.1) is 24.9 Å². The smallest absolute Gasteiger partial charge is 0.0897 e. The molecule has 1 aliphatic rings. The Hall–Kier alpha value is -0.910. The summed E-state index contributed by atoms with van der Waals surface area (Å²) in [5, 5.41) is 7.64. The first kappa shape index (κ1) is 14.5. The number of likely N-dealkylation sites (N-methyl/N-ethyl adjacent to an activating group) is 1. The van der Waals surface area contributed by atoms with Gasteiger partial charge in [0.15, 0.2) is 0 Å². The third-order valence-electron chi connectivity index (χ3n) is 4.05. The van der Waals surface area contributed by atoms with Gasteiger partial charge in [-0.15, -0.1) is 0 Å². The molecule has 1 aromatic heterocycles. The van der Waals surface area contributed by atoms with E-state index in [4.69, 9.17) is 4.74 Å². The third kappa shape index (κ3) is 2.83. The summed E-state index contributed by atoms with van der Waals surface area (Å²) in [6.07, 6.45) is 2.18. The fourth-order valence-electron chi connectivity index (χ4n) is 2.89. The maximum Gasteiger partial charge on any atom is 0.0897 e. The lowest BCUT2D eigenvalue weighted by atomic mass is 9.97. The van der Waals surface area contributed by atoms with Crippen molar-refractivity contribution in [3.05, 3.63) is 17.5 Å². The van der Waals surface area contributed by atoms with E-state index in [9.17, 15) is 0 Å². The molecule has 1 fully saturated rings. The van der Waals surface area contributed by atoms with Crippen LogP contribution >= 0.6 is 0 Å². The summed E-state index contributed by atoms with van der Waals surface area (Å²) in [7, 11) is 3.97. The predicted molar refractivity (Wildman–Crippen MR) is 76.2 cm³/mol. The zero-order valence-electron chi connectivity index (χ0n) is 12.7. The van der Waals surface area contributed by atoms with Crippen LogP contribution in [-0.4, -0.2) is 53.6 Å².